The number of halogens is 1. The third-order valence-corrected chi connectivity index (χ3v) is 4.87. The Bertz CT molecular complexity index is 1270. The van der Waals surface area contributed by atoms with Crippen molar-refractivity contribution in [3.05, 3.63) is 89.3 Å². The van der Waals surface area contributed by atoms with Gasteiger partial charge in [-0.3, -0.25) is 4.79 Å². The van der Waals surface area contributed by atoms with Crippen molar-refractivity contribution in [2.24, 2.45) is 0 Å². The van der Waals surface area contributed by atoms with Gasteiger partial charge in [-0.2, -0.15) is 10.2 Å². The summed E-state index contributed by atoms with van der Waals surface area (Å²) in [5.41, 5.74) is 0.936. The number of esters is 1. The predicted octanol–water partition coefficient (Wildman–Crippen LogP) is 4.19. The third-order valence-electron chi connectivity index (χ3n) is 4.56. The molecular weight excluding hydrogens is 446 g/mol. The Hall–Kier alpha value is -4.11. The van der Waals surface area contributed by atoms with Crippen LogP contribution < -0.4 is 10.1 Å². The molecule has 2 aromatic heterocycles. The topological polar surface area (TPSA) is 100 Å². The lowest BCUT2D eigenvalue weighted by atomic mass is 10.3. The van der Waals surface area contributed by atoms with Crippen LogP contribution in [-0.2, 0) is 11.5 Å². The average Bonchev–Trinajstić information content (AvgIpc) is 3.47. The fraction of sp³-hybridized carbons (Fsp3) is 0.130. The second-order valence-electron chi connectivity index (χ2n) is 6.77. The second-order valence-corrected chi connectivity index (χ2v) is 7.18. The Labute approximate surface area is 194 Å². The van der Waals surface area contributed by atoms with Crippen molar-refractivity contribution in [2.75, 3.05) is 11.9 Å². The van der Waals surface area contributed by atoms with E-state index in [1.807, 2.05) is 18.2 Å². The molecule has 0 aliphatic heterocycles. The molecule has 0 aliphatic rings. The minimum absolute atomic E-state index is 0.0625. The Kier molecular flexibility index (Phi) is 6.70. The fourth-order valence-electron chi connectivity index (χ4n) is 3.02. The molecule has 4 rings (SSSR count). The number of carbonyl (C=O) groups is 2. The molecule has 0 saturated carbocycles. The first kappa shape index (κ1) is 22.1. The van der Waals surface area contributed by atoms with E-state index in [1.165, 1.54) is 15.6 Å². The van der Waals surface area contributed by atoms with Crippen LogP contribution in [-0.4, -0.2) is 38.0 Å². The number of nitrogens with one attached hydrogen (secondary N) is 1. The number of rotatable bonds is 8. The Morgan fingerprint density at radius 2 is 1.82 bits per heavy atom. The number of carbonyl (C=O) groups excluding carboxylic acids is 2. The fourth-order valence-corrected chi connectivity index (χ4v) is 3.21. The summed E-state index contributed by atoms with van der Waals surface area (Å²) in [6, 6.07) is 17.7. The molecule has 0 bridgehead atoms. The largest absolute Gasteiger partial charge is 0.470 e. The number of para-hydroxylation sites is 2. The molecule has 0 unspecified atom stereocenters. The van der Waals surface area contributed by atoms with Gasteiger partial charge in [0.25, 0.3) is 5.91 Å². The summed E-state index contributed by atoms with van der Waals surface area (Å²) in [5, 5.41) is 11.7. The van der Waals surface area contributed by atoms with Gasteiger partial charge in [0.2, 0.25) is 0 Å². The summed E-state index contributed by atoms with van der Waals surface area (Å²) >= 11 is 6.09. The molecule has 0 radical (unpaired) electrons. The number of hydrogen-bond donors (Lipinski definition) is 1. The third kappa shape index (κ3) is 5.04. The van der Waals surface area contributed by atoms with Crippen molar-refractivity contribution in [2.45, 2.75) is 13.7 Å². The number of benzene rings is 2. The molecule has 0 saturated heterocycles. The number of nitrogens with zero attached hydrogens (tertiary/aromatic N) is 4. The van der Waals surface area contributed by atoms with Gasteiger partial charge in [-0.15, -0.1) is 0 Å². The smallest absolute Gasteiger partial charge is 0.343 e. The highest BCUT2D eigenvalue weighted by atomic mass is 35.5. The van der Waals surface area contributed by atoms with Gasteiger partial charge in [-0.1, -0.05) is 41.9 Å². The van der Waals surface area contributed by atoms with Gasteiger partial charge in [0.15, 0.2) is 18.2 Å². The Morgan fingerprint density at radius 3 is 2.58 bits per heavy atom. The maximum atomic E-state index is 12.9. The van der Waals surface area contributed by atoms with Crippen molar-refractivity contribution in [1.29, 1.82) is 0 Å². The van der Waals surface area contributed by atoms with Gasteiger partial charge >= 0.3 is 5.97 Å². The molecule has 168 valence electrons. The number of aromatic nitrogens is 4. The summed E-state index contributed by atoms with van der Waals surface area (Å²) in [6.07, 6.45) is 2.96. The lowest BCUT2D eigenvalue weighted by Crippen LogP contribution is -2.19. The van der Waals surface area contributed by atoms with E-state index < -0.39 is 11.9 Å². The molecule has 2 heterocycles. The standard InChI is InChI=1S/C23H20ClN5O4/c1-2-32-23(31)17-14-25-29(16-8-4-3-5-9-16)21(17)26-22(30)19-12-13-28(27-19)15-33-20-11-7-6-10-18(20)24/h3-14H,2,15H2,1H3,(H,26,30). The Morgan fingerprint density at radius 1 is 1.06 bits per heavy atom. The summed E-state index contributed by atoms with van der Waals surface area (Å²) in [7, 11) is 0. The van der Waals surface area contributed by atoms with E-state index in [0.29, 0.717) is 16.5 Å². The molecule has 10 heteroatoms. The quantitative estimate of drug-likeness (QED) is 0.392. The average molecular weight is 466 g/mol. The van der Waals surface area contributed by atoms with Crippen LogP contribution in [0.25, 0.3) is 5.69 Å². The maximum absolute atomic E-state index is 12.9. The molecule has 0 atom stereocenters. The van der Waals surface area contributed by atoms with Gasteiger partial charge in [-0.25, -0.2) is 14.2 Å². The summed E-state index contributed by atoms with van der Waals surface area (Å²) in [6.45, 7) is 1.96. The number of ether oxygens (including phenoxy) is 2. The van der Waals surface area contributed by atoms with Gasteiger partial charge < -0.3 is 14.8 Å². The zero-order valence-corrected chi connectivity index (χ0v) is 18.4. The molecular formula is C23H20ClN5O4. The number of anilines is 1. The van der Waals surface area contributed by atoms with Gasteiger partial charge in [0, 0.05) is 6.20 Å². The Balaban J connectivity index is 1.54. The van der Waals surface area contributed by atoms with E-state index in [0.717, 1.165) is 0 Å². The normalized spacial score (nSPS) is 10.6. The second kappa shape index (κ2) is 10.0. The molecule has 0 fully saturated rings. The first-order valence-electron chi connectivity index (χ1n) is 10.1. The highest BCUT2D eigenvalue weighted by molar-refractivity contribution is 6.32. The van der Waals surface area contributed by atoms with Gasteiger partial charge in [-0.05, 0) is 37.3 Å². The van der Waals surface area contributed by atoms with E-state index in [1.54, 1.807) is 55.6 Å². The molecule has 2 aromatic carbocycles. The van der Waals surface area contributed by atoms with Crippen molar-refractivity contribution in [1.82, 2.24) is 19.6 Å². The lowest BCUT2D eigenvalue weighted by Gasteiger charge is -2.10. The van der Waals surface area contributed by atoms with Crippen LogP contribution in [0.3, 0.4) is 0 Å². The van der Waals surface area contributed by atoms with E-state index in [9.17, 15) is 9.59 Å². The van der Waals surface area contributed by atoms with Crippen molar-refractivity contribution in [3.63, 3.8) is 0 Å². The van der Waals surface area contributed by atoms with Crippen LogP contribution >= 0.6 is 11.6 Å². The molecule has 0 spiro atoms. The first-order chi connectivity index (χ1) is 16.1. The molecule has 1 N–H and O–H groups in total. The van der Waals surface area contributed by atoms with E-state index >= 15 is 0 Å². The zero-order chi connectivity index (χ0) is 23.2. The van der Waals surface area contributed by atoms with Gasteiger partial charge in [0.05, 0.1) is 23.5 Å². The maximum Gasteiger partial charge on any atom is 0.343 e. The first-order valence-corrected chi connectivity index (χ1v) is 10.5. The molecule has 1 amide bonds. The monoisotopic (exact) mass is 465 g/mol. The molecule has 9 nitrogen and oxygen atoms in total. The van der Waals surface area contributed by atoms with Crippen LogP contribution in [0.15, 0.2) is 73.1 Å². The number of amides is 1. The van der Waals surface area contributed by atoms with Crippen molar-refractivity contribution < 1.29 is 19.1 Å². The van der Waals surface area contributed by atoms with Gasteiger partial charge in [0.1, 0.15) is 11.3 Å². The lowest BCUT2D eigenvalue weighted by molar-refractivity contribution is 0.0527. The zero-order valence-electron chi connectivity index (χ0n) is 17.6. The van der Waals surface area contributed by atoms with E-state index in [2.05, 4.69) is 15.5 Å². The van der Waals surface area contributed by atoms with Crippen LogP contribution in [0, 0.1) is 0 Å². The van der Waals surface area contributed by atoms with Crippen LogP contribution in [0.2, 0.25) is 5.02 Å². The molecule has 4 aromatic rings. The van der Waals surface area contributed by atoms with Crippen molar-refractivity contribution >= 4 is 29.3 Å². The van der Waals surface area contributed by atoms with Crippen LogP contribution in [0.1, 0.15) is 27.8 Å². The van der Waals surface area contributed by atoms with E-state index in [-0.39, 0.29) is 30.4 Å². The minimum atomic E-state index is -0.589. The molecule has 33 heavy (non-hydrogen) atoms. The predicted molar refractivity (Wildman–Crippen MR) is 122 cm³/mol. The summed E-state index contributed by atoms with van der Waals surface area (Å²) in [4.78, 5) is 25.3. The van der Waals surface area contributed by atoms with Crippen molar-refractivity contribution in [3.8, 4) is 11.4 Å². The minimum Gasteiger partial charge on any atom is -0.470 e. The van der Waals surface area contributed by atoms with E-state index in [4.69, 9.17) is 21.1 Å². The number of hydrogen-bond acceptors (Lipinski definition) is 6. The highest BCUT2D eigenvalue weighted by Crippen LogP contribution is 2.24. The summed E-state index contributed by atoms with van der Waals surface area (Å²) < 4.78 is 13.7. The SMILES string of the molecule is CCOC(=O)c1cnn(-c2ccccc2)c1NC(=O)c1ccn(COc2ccccc2Cl)n1. The highest BCUT2D eigenvalue weighted by Gasteiger charge is 2.23. The summed E-state index contributed by atoms with van der Waals surface area (Å²) in [5.74, 6) is -0.415. The molecule has 0 aliphatic carbocycles. The van der Waals surface area contributed by atoms with Crippen LogP contribution in [0.4, 0.5) is 5.82 Å². The van der Waals surface area contributed by atoms with Crippen LogP contribution in [0.5, 0.6) is 5.75 Å².